The third-order valence-corrected chi connectivity index (χ3v) is 7.33. The van der Waals surface area contributed by atoms with E-state index < -0.39 is 11.6 Å². The molecular weight excluding hydrogens is 476 g/mol. The minimum absolute atomic E-state index is 0.0204. The molecular formula is C27H31F2N7O. The second-order valence-corrected chi connectivity index (χ2v) is 10.3. The van der Waals surface area contributed by atoms with Gasteiger partial charge in [0.05, 0.1) is 29.3 Å². The Morgan fingerprint density at radius 3 is 2.68 bits per heavy atom. The van der Waals surface area contributed by atoms with E-state index in [-0.39, 0.29) is 29.0 Å². The molecule has 6 rings (SSSR count). The summed E-state index contributed by atoms with van der Waals surface area (Å²) in [7, 11) is 0. The normalized spacial score (nSPS) is 18.4. The van der Waals surface area contributed by atoms with Crippen molar-refractivity contribution in [1.82, 2.24) is 20.3 Å². The van der Waals surface area contributed by atoms with E-state index in [0.29, 0.717) is 23.7 Å². The second-order valence-electron chi connectivity index (χ2n) is 10.3. The molecule has 1 aliphatic carbocycles. The maximum absolute atomic E-state index is 15.2. The number of fused-ring (bicyclic) bond motifs is 1. The average molecular weight is 508 g/mol. The van der Waals surface area contributed by atoms with Gasteiger partial charge in [-0.3, -0.25) is 0 Å². The molecule has 10 heteroatoms. The maximum Gasteiger partial charge on any atom is 0.229 e. The van der Waals surface area contributed by atoms with Gasteiger partial charge in [0.1, 0.15) is 18.1 Å². The highest BCUT2D eigenvalue weighted by Gasteiger charge is 2.53. The number of aromatic nitrogens is 3. The Balaban J connectivity index is 1.27. The molecule has 2 aromatic heterocycles. The van der Waals surface area contributed by atoms with E-state index >= 15 is 4.39 Å². The highest BCUT2D eigenvalue weighted by Crippen LogP contribution is 2.52. The predicted molar refractivity (Wildman–Crippen MR) is 140 cm³/mol. The van der Waals surface area contributed by atoms with Crippen molar-refractivity contribution in [3.05, 3.63) is 48.3 Å². The first-order valence-electron chi connectivity index (χ1n) is 12.9. The maximum atomic E-state index is 15.2. The van der Waals surface area contributed by atoms with Crippen LogP contribution in [0.2, 0.25) is 0 Å². The summed E-state index contributed by atoms with van der Waals surface area (Å²) in [5.74, 6) is -0.211. The Kier molecular flexibility index (Phi) is 6.06. The van der Waals surface area contributed by atoms with E-state index in [0.717, 1.165) is 57.3 Å². The molecule has 2 aliphatic heterocycles. The zero-order valence-corrected chi connectivity index (χ0v) is 21.1. The molecule has 0 atom stereocenters. The van der Waals surface area contributed by atoms with E-state index in [9.17, 15) is 4.39 Å². The third-order valence-electron chi connectivity index (χ3n) is 7.33. The van der Waals surface area contributed by atoms with Crippen LogP contribution < -0.4 is 25.2 Å². The van der Waals surface area contributed by atoms with Gasteiger partial charge in [-0.05, 0) is 63.9 Å². The first-order valence-corrected chi connectivity index (χ1v) is 12.9. The molecule has 8 nitrogen and oxygen atoms in total. The van der Waals surface area contributed by atoms with Crippen LogP contribution >= 0.6 is 0 Å². The highest BCUT2D eigenvalue weighted by molar-refractivity contribution is 5.74. The lowest BCUT2D eigenvalue weighted by Gasteiger charge is -2.42. The number of nitrogens with one attached hydrogen (secondary N) is 2. The molecule has 0 unspecified atom stereocenters. The summed E-state index contributed by atoms with van der Waals surface area (Å²) in [4.78, 5) is 17.5. The van der Waals surface area contributed by atoms with Gasteiger partial charge < -0.3 is 25.2 Å². The zero-order chi connectivity index (χ0) is 25.6. The molecule has 2 N–H and O–H groups in total. The van der Waals surface area contributed by atoms with Crippen LogP contribution in [0.15, 0.2) is 36.7 Å². The first-order chi connectivity index (χ1) is 17.9. The zero-order valence-electron chi connectivity index (χ0n) is 21.1. The molecule has 1 spiro atoms. The topological polar surface area (TPSA) is 78.4 Å². The van der Waals surface area contributed by atoms with Crippen LogP contribution in [-0.2, 0) is 0 Å². The molecule has 0 bridgehead atoms. The van der Waals surface area contributed by atoms with Gasteiger partial charge in [0, 0.05) is 31.2 Å². The lowest BCUT2D eigenvalue weighted by Crippen LogP contribution is -2.49. The van der Waals surface area contributed by atoms with E-state index in [1.165, 1.54) is 6.07 Å². The van der Waals surface area contributed by atoms with Gasteiger partial charge in [-0.1, -0.05) is 0 Å². The Morgan fingerprint density at radius 2 is 1.92 bits per heavy atom. The van der Waals surface area contributed by atoms with E-state index in [1.807, 2.05) is 18.3 Å². The number of rotatable bonds is 5. The molecule has 0 amide bonds. The number of nitrogens with zero attached hydrogens (tertiary/aromatic N) is 5. The SMILES string of the molecule is CC(C)N1c2cc(-c3nc(Nc4ccc(N5CCCNCC5)cn4)ncc3F)cc(F)c2OCC12CC2. The summed E-state index contributed by atoms with van der Waals surface area (Å²) in [6.45, 7) is 8.48. The minimum atomic E-state index is -0.628. The summed E-state index contributed by atoms with van der Waals surface area (Å²) in [5, 5.41) is 6.45. The number of anilines is 4. The summed E-state index contributed by atoms with van der Waals surface area (Å²) in [6, 6.07) is 7.05. The van der Waals surface area contributed by atoms with Crippen LogP contribution in [0.25, 0.3) is 11.3 Å². The van der Waals surface area contributed by atoms with Gasteiger partial charge in [0.15, 0.2) is 17.4 Å². The van der Waals surface area contributed by atoms with Gasteiger partial charge in [-0.2, -0.15) is 0 Å². The number of halogens is 2. The van der Waals surface area contributed by atoms with Crippen LogP contribution in [-0.4, -0.2) is 59.3 Å². The van der Waals surface area contributed by atoms with Crippen molar-refractivity contribution in [3.8, 4) is 17.0 Å². The van der Waals surface area contributed by atoms with E-state index in [4.69, 9.17) is 4.74 Å². The summed E-state index contributed by atoms with van der Waals surface area (Å²) >= 11 is 0. The van der Waals surface area contributed by atoms with Crippen molar-refractivity contribution in [2.24, 2.45) is 0 Å². The Labute approximate surface area is 215 Å². The number of hydrogen-bond acceptors (Lipinski definition) is 8. The van der Waals surface area contributed by atoms with Crippen LogP contribution in [0.3, 0.4) is 0 Å². The van der Waals surface area contributed by atoms with Crippen molar-refractivity contribution >= 4 is 23.1 Å². The molecule has 1 saturated carbocycles. The van der Waals surface area contributed by atoms with Gasteiger partial charge >= 0.3 is 0 Å². The van der Waals surface area contributed by atoms with Gasteiger partial charge in [0.25, 0.3) is 0 Å². The van der Waals surface area contributed by atoms with Gasteiger partial charge in [-0.15, -0.1) is 0 Å². The number of hydrogen-bond donors (Lipinski definition) is 2. The number of benzene rings is 1. The van der Waals surface area contributed by atoms with Crippen LogP contribution in [0.4, 0.5) is 31.9 Å². The molecule has 3 aliphatic rings. The molecule has 3 aromatic rings. The largest absolute Gasteiger partial charge is 0.486 e. The number of ether oxygens (including phenoxy) is 1. The smallest absolute Gasteiger partial charge is 0.229 e. The summed E-state index contributed by atoms with van der Waals surface area (Å²) < 4.78 is 35.9. The average Bonchev–Trinajstić information content (AvgIpc) is 3.69. The molecule has 37 heavy (non-hydrogen) atoms. The van der Waals surface area contributed by atoms with Crippen molar-refractivity contribution < 1.29 is 13.5 Å². The quantitative estimate of drug-likeness (QED) is 0.523. The predicted octanol–water partition coefficient (Wildman–Crippen LogP) is 4.50. The standard InChI is InChI=1S/C27H31F2N7O/c1-17(2)36-22-13-18(12-20(28)25(22)37-16-27(36)6-7-27)24-21(29)15-32-26(34-24)33-23-5-4-19(14-31-23)35-10-3-8-30-9-11-35/h4-5,12-15,17,30H,3,6-11,16H2,1-2H3,(H,31,32,33,34). The van der Waals surface area contributed by atoms with Crippen molar-refractivity contribution in [1.29, 1.82) is 0 Å². The molecule has 1 aromatic carbocycles. The van der Waals surface area contributed by atoms with Crippen LogP contribution in [0, 0.1) is 11.6 Å². The monoisotopic (exact) mass is 507 g/mol. The minimum Gasteiger partial charge on any atom is -0.486 e. The van der Waals surface area contributed by atoms with E-state index in [1.54, 1.807) is 6.07 Å². The molecule has 1 saturated heterocycles. The molecule has 0 radical (unpaired) electrons. The summed E-state index contributed by atoms with van der Waals surface area (Å²) in [5.41, 5.74) is 1.94. The third kappa shape index (κ3) is 4.54. The highest BCUT2D eigenvalue weighted by atomic mass is 19.1. The van der Waals surface area contributed by atoms with Crippen LogP contribution in [0.5, 0.6) is 5.75 Å². The van der Waals surface area contributed by atoms with Crippen molar-refractivity contribution in [3.63, 3.8) is 0 Å². The van der Waals surface area contributed by atoms with Crippen molar-refractivity contribution in [2.75, 3.05) is 47.9 Å². The Hall–Kier alpha value is -3.53. The summed E-state index contributed by atoms with van der Waals surface area (Å²) in [6.07, 6.45) is 5.97. The Bertz CT molecular complexity index is 1290. The molecule has 2 fully saturated rings. The fourth-order valence-corrected chi connectivity index (χ4v) is 5.42. The lowest BCUT2D eigenvalue weighted by molar-refractivity contribution is 0.234. The lowest BCUT2D eigenvalue weighted by atomic mass is 10.0. The Morgan fingerprint density at radius 1 is 1.05 bits per heavy atom. The number of pyridine rings is 1. The molecule has 194 valence electrons. The first kappa shape index (κ1) is 23.8. The van der Waals surface area contributed by atoms with Gasteiger partial charge in [0.2, 0.25) is 5.95 Å². The fourth-order valence-electron chi connectivity index (χ4n) is 5.42. The second kappa shape index (κ2) is 9.41. The molecule has 4 heterocycles. The fraction of sp³-hybridized carbons (Fsp3) is 0.444. The van der Waals surface area contributed by atoms with Crippen molar-refractivity contribution in [2.45, 2.75) is 44.7 Å². The van der Waals surface area contributed by atoms with Gasteiger partial charge in [-0.25, -0.2) is 23.7 Å². The van der Waals surface area contributed by atoms with Crippen LogP contribution in [0.1, 0.15) is 33.1 Å². The van der Waals surface area contributed by atoms with E-state index in [2.05, 4.69) is 49.2 Å².